The minimum atomic E-state index is -0.356. The summed E-state index contributed by atoms with van der Waals surface area (Å²) in [4.78, 5) is 2.53. The number of hydrogen-bond acceptors (Lipinski definition) is 2. The van der Waals surface area contributed by atoms with Crippen molar-refractivity contribution in [2.75, 3.05) is 19.6 Å². The molecule has 2 heteroatoms. The van der Waals surface area contributed by atoms with Gasteiger partial charge in [0.25, 0.3) is 0 Å². The molecule has 21 heavy (non-hydrogen) atoms. The molecule has 1 aliphatic heterocycles. The Morgan fingerprint density at radius 2 is 1.48 bits per heavy atom. The Morgan fingerprint density at radius 3 is 2.14 bits per heavy atom. The van der Waals surface area contributed by atoms with Gasteiger partial charge in [-0.2, -0.15) is 0 Å². The van der Waals surface area contributed by atoms with Crippen LogP contribution >= 0.6 is 0 Å². The van der Waals surface area contributed by atoms with Gasteiger partial charge in [-0.3, -0.25) is 0 Å². The maximum absolute atomic E-state index is 10.8. The van der Waals surface area contributed by atoms with E-state index in [0.29, 0.717) is 0 Å². The van der Waals surface area contributed by atoms with Crippen molar-refractivity contribution < 1.29 is 5.11 Å². The van der Waals surface area contributed by atoms with E-state index in [1.54, 1.807) is 0 Å². The highest BCUT2D eigenvalue weighted by Gasteiger charge is 2.29. The van der Waals surface area contributed by atoms with Gasteiger partial charge in [0, 0.05) is 6.54 Å². The third-order valence-corrected chi connectivity index (χ3v) is 5.05. The molecule has 1 heterocycles. The van der Waals surface area contributed by atoms with E-state index >= 15 is 0 Å². The summed E-state index contributed by atoms with van der Waals surface area (Å²) < 4.78 is 0. The maximum Gasteiger partial charge on any atom is 0.0660 e. The molecule has 1 fully saturated rings. The van der Waals surface area contributed by atoms with Crippen molar-refractivity contribution >= 4 is 0 Å². The van der Waals surface area contributed by atoms with Crippen LogP contribution in [0.5, 0.6) is 0 Å². The van der Waals surface area contributed by atoms with Gasteiger partial charge in [-0.1, -0.05) is 65.2 Å². The summed E-state index contributed by atoms with van der Waals surface area (Å²) in [5, 5.41) is 10.8. The van der Waals surface area contributed by atoms with Crippen molar-refractivity contribution in [3.05, 3.63) is 0 Å². The summed E-state index contributed by atoms with van der Waals surface area (Å²) in [6.45, 7) is 8.01. The Morgan fingerprint density at radius 1 is 0.810 bits per heavy atom. The first-order chi connectivity index (χ1) is 10.2. The van der Waals surface area contributed by atoms with Crippen LogP contribution in [-0.2, 0) is 0 Å². The first-order valence-corrected chi connectivity index (χ1v) is 9.65. The second-order valence-corrected chi connectivity index (χ2v) is 7.14. The lowest BCUT2D eigenvalue weighted by Crippen LogP contribution is -2.31. The van der Waals surface area contributed by atoms with Crippen LogP contribution < -0.4 is 0 Å². The molecule has 1 atom stereocenters. The van der Waals surface area contributed by atoms with Gasteiger partial charge in [0.1, 0.15) is 0 Å². The van der Waals surface area contributed by atoms with Crippen molar-refractivity contribution in [3.8, 4) is 0 Å². The fourth-order valence-corrected chi connectivity index (χ4v) is 3.61. The van der Waals surface area contributed by atoms with Crippen LogP contribution in [0.2, 0.25) is 0 Å². The maximum atomic E-state index is 10.8. The standard InChI is InChI=1S/C19H39NO/c1-3-5-6-7-8-9-10-11-13-19(21)14-12-17-20(16-4-2)18-15-19/h21H,3-18H2,1-2H3. The minimum Gasteiger partial charge on any atom is -0.390 e. The third-order valence-electron chi connectivity index (χ3n) is 5.05. The predicted octanol–water partition coefficient (Wildman–Crippen LogP) is 5.14. The quantitative estimate of drug-likeness (QED) is 0.533. The highest BCUT2D eigenvalue weighted by Crippen LogP contribution is 2.28. The molecular weight excluding hydrogens is 258 g/mol. The number of nitrogens with zero attached hydrogens (tertiary/aromatic N) is 1. The van der Waals surface area contributed by atoms with Crippen LogP contribution in [0.15, 0.2) is 0 Å². The van der Waals surface area contributed by atoms with E-state index in [4.69, 9.17) is 0 Å². The molecule has 1 unspecified atom stereocenters. The molecule has 126 valence electrons. The van der Waals surface area contributed by atoms with Crippen molar-refractivity contribution in [3.63, 3.8) is 0 Å². The van der Waals surface area contributed by atoms with E-state index in [9.17, 15) is 5.11 Å². The third kappa shape index (κ3) is 8.83. The molecule has 0 amide bonds. The van der Waals surface area contributed by atoms with Crippen LogP contribution in [0.1, 0.15) is 97.3 Å². The average molecular weight is 298 g/mol. The van der Waals surface area contributed by atoms with Crippen molar-refractivity contribution in [2.45, 2.75) is 103 Å². The first kappa shape index (κ1) is 19.0. The second-order valence-electron chi connectivity index (χ2n) is 7.14. The molecule has 0 bridgehead atoms. The van der Waals surface area contributed by atoms with Crippen LogP contribution in [-0.4, -0.2) is 35.2 Å². The molecule has 0 saturated carbocycles. The Kier molecular flexibility index (Phi) is 10.4. The SMILES string of the molecule is CCCCCCCCCCC1(O)CCCN(CCC)CC1. The topological polar surface area (TPSA) is 23.5 Å². The Balaban J connectivity index is 2.07. The van der Waals surface area contributed by atoms with Crippen LogP contribution in [0, 0.1) is 0 Å². The van der Waals surface area contributed by atoms with E-state index in [1.807, 2.05) is 0 Å². The van der Waals surface area contributed by atoms with E-state index in [-0.39, 0.29) is 5.60 Å². The van der Waals surface area contributed by atoms with Crippen LogP contribution in [0.25, 0.3) is 0 Å². The van der Waals surface area contributed by atoms with E-state index in [2.05, 4.69) is 18.7 Å². The zero-order valence-electron chi connectivity index (χ0n) is 14.7. The summed E-state index contributed by atoms with van der Waals surface area (Å²) in [6, 6.07) is 0. The number of rotatable bonds is 11. The summed E-state index contributed by atoms with van der Waals surface area (Å²) in [5.41, 5.74) is -0.356. The van der Waals surface area contributed by atoms with Gasteiger partial charge in [-0.25, -0.2) is 0 Å². The van der Waals surface area contributed by atoms with Gasteiger partial charge in [0.15, 0.2) is 0 Å². The second kappa shape index (κ2) is 11.5. The summed E-state index contributed by atoms with van der Waals surface area (Å²) in [5.74, 6) is 0. The van der Waals surface area contributed by atoms with Gasteiger partial charge in [0.05, 0.1) is 5.60 Å². The minimum absolute atomic E-state index is 0.356. The largest absolute Gasteiger partial charge is 0.390 e. The molecule has 1 N–H and O–H groups in total. The van der Waals surface area contributed by atoms with E-state index < -0.39 is 0 Å². The number of aliphatic hydroxyl groups is 1. The van der Waals surface area contributed by atoms with Crippen LogP contribution in [0.3, 0.4) is 0 Å². The molecule has 1 saturated heterocycles. The Bertz CT molecular complexity index is 244. The van der Waals surface area contributed by atoms with Crippen LogP contribution in [0.4, 0.5) is 0 Å². The predicted molar refractivity (Wildman–Crippen MR) is 92.8 cm³/mol. The summed E-state index contributed by atoms with van der Waals surface area (Å²) in [6.07, 6.45) is 16.3. The lowest BCUT2D eigenvalue weighted by molar-refractivity contribution is 0.0145. The van der Waals surface area contributed by atoms with Gasteiger partial charge >= 0.3 is 0 Å². The van der Waals surface area contributed by atoms with E-state index in [1.165, 1.54) is 77.3 Å². The zero-order valence-corrected chi connectivity index (χ0v) is 14.7. The smallest absolute Gasteiger partial charge is 0.0660 e. The van der Waals surface area contributed by atoms with Crippen molar-refractivity contribution in [1.82, 2.24) is 4.90 Å². The fraction of sp³-hybridized carbons (Fsp3) is 1.00. The molecule has 0 radical (unpaired) electrons. The highest BCUT2D eigenvalue weighted by molar-refractivity contribution is 4.83. The number of unbranched alkanes of at least 4 members (excludes halogenated alkanes) is 7. The lowest BCUT2D eigenvalue weighted by atomic mass is 9.88. The van der Waals surface area contributed by atoms with Gasteiger partial charge in [-0.15, -0.1) is 0 Å². The summed E-state index contributed by atoms with van der Waals surface area (Å²) >= 11 is 0. The fourth-order valence-electron chi connectivity index (χ4n) is 3.61. The molecule has 2 nitrogen and oxygen atoms in total. The average Bonchev–Trinajstić information content (AvgIpc) is 2.65. The number of likely N-dealkylation sites (tertiary alicyclic amines) is 1. The molecule has 0 aromatic heterocycles. The van der Waals surface area contributed by atoms with Crippen molar-refractivity contribution in [2.24, 2.45) is 0 Å². The number of hydrogen-bond donors (Lipinski definition) is 1. The monoisotopic (exact) mass is 297 g/mol. The summed E-state index contributed by atoms with van der Waals surface area (Å²) in [7, 11) is 0. The van der Waals surface area contributed by atoms with E-state index in [0.717, 1.165) is 25.8 Å². The molecular formula is C19H39NO. The normalized spacial score (nSPS) is 24.1. The molecule has 0 aromatic rings. The molecule has 0 aromatic carbocycles. The lowest BCUT2D eigenvalue weighted by Gasteiger charge is -2.27. The Hall–Kier alpha value is -0.0800. The van der Waals surface area contributed by atoms with Crippen molar-refractivity contribution in [1.29, 1.82) is 0 Å². The first-order valence-electron chi connectivity index (χ1n) is 9.65. The Labute approximate surface area is 133 Å². The molecule has 0 aliphatic carbocycles. The molecule has 1 rings (SSSR count). The van der Waals surface area contributed by atoms with Gasteiger partial charge < -0.3 is 10.0 Å². The molecule has 1 aliphatic rings. The van der Waals surface area contributed by atoms with Gasteiger partial charge in [0.2, 0.25) is 0 Å². The zero-order chi connectivity index (χ0) is 15.4. The molecule has 0 spiro atoms. The highest BCUT2D eigenvalue weighted by atomic mass is 16.3. The van der Waals surface area contributed by atoms with Gasteiger partial charge in [-0.05, 0) is 45.2 Å².